The molecule has 0 saturated heterocycles. The SMILES string of the molecule is COc1ccc(C(=O)N(C)Cc2ccccc2F)cc1S(=O)(=O)NC(C)C. The van der Waals surface area contributed by atoms with Crippen molar-refractivity contribution in [3.8, 4) is 5.75 Å². The Balaban J connectivity index is 2.34. The molecule has 2 aromatic rings. The van der Waals surface area contributed by atoms with Gasteiger partial charge in [-0.05, 0) is 38.1 Å². The number of sulfonamides is 1. The Bertz CT molecular complexity index is 929. The third-order valence-electron chi connectivity index (χ3n) is 3.80. The van der Waals surface area contributed by atoms with Gasteiger partial charge in [0.05, 0.1) is 7.11 Å². The third kappa shape index (κ3) is 5.05. The van der Waals surface area contributed by atoms with Gasteiger partial charge < -0.3 is 9.64 Å². The third-order valence-corrected chi connectivity index (χ3v) is 5.48. The van der Waals surface area contributed by atoms with Crippen LogP contribution in [-0.2, 0) is 16.6 Å². The van der Waals surface area contributed by atoms with E-state index in [1.165, 1.54) is 43.3 Å². The standard InChI is InChI=1S/C19H23FN2O4S/c1-13(2)21-27(24,25)18-11-14(9-10-17(18)26-4)19(23)22(3)12-15-7-5-6-8-16(15)20/h5-11,13,21H,12H2,1-4H3. The number of methoxy groups -OCH3 is 1. The molecule has 0 fully saturated rings. The van der Waals surface area contributed by atoms with E-state index in [2.05, 4.69) is 4.72 Å². The van der Waals surface area contributed by atoms with E-state index in [4.69, 9.17) is 4.74 Å². The summed E-state index contributed by atoms with van der Waals surface area (Å²) in [6.07, 6.45) is 0. The van der Waals surface area contributed by atoms with Gasteiger partial charge in [0, 0.05) is 30.8 Å². The number of carbonyl (C=O) groups excluding carboxylic acids is 1. The van der Waals surface area contributed by atoms with Crippen molar-refractivity contribution in [1.29, 1.82) is 0 Å². The van der Waals surface area contributed by atoms with E-state index >= 15 is 0 Å². The van der Waals surface area contributed by atoms with E-state index in [1.807, 2.05) is 0 Å². The summed E-state index contributed by atoms with van der Waals surface area (Å²) < 4.78 is 46.5. The van der Waals surface area contributed by atoms with Crippen LogP contribution in [0.1, 0.15) is 29.8 Å². The van der Waals surface area contributed by atoms with Gasteiger partial charge in [-0.25, -0.2) is 17.5 Å². The molecule has 0 saturated carbocycles. The Hall–Kier alpha value is -2.45. The quantitative estimate of drug-likeness (QED) is 0.784. The van der Waals surface area contributed by atoms with Crippen LogP contribution in [-0.4, -0.2) is 39.4 Å². The fraction of sp³-hybridized carbons (Fsp3) is 0.316. The summed E-state index contributed by atoms with van der Waals surface area (Å²) in [5.74, 6) is -0.699. The minimum Gasteiger partial charge on any atom is -0.495 e. The van der Waals surface area contributed by atoms with Crippen LogP contribution in [0, 0.1) is 5.82 Å². The number of rotatable bonds is 7. The van der Waals surface area contributed by atoms with Gasteiger partial charge in [-0.3, -0.25) is 4.79 Å². The minimum absolute atomic E-state index is 0.0594. The highest BCUT2D eigenvalue weighted by atomic mass is 32.2. The highest BCUT2D eigenvalue weighted by Crippen LogP contribution is 2.26. The second-order valence-corrected chi connectivity index (χ2v) is 8.08. The molecule has 0 spiro atoms. The summed E-state index contributed by atoms with van der Waals surface area (Å²) in [5.41, 5.74) is 0.537. The molecule has 0 aromatic heterocycles. The maximum atomic E-state index is 13.8. The van der Waals surface area contributed by atoms with Crippen LogP contribution in [0.4, 0.5) is 4.39 Å². The lowest BCUT2D eigenvalue weighted by Gasteiger charge is -2.19. The lowest BCUT2D eigenvalue weighted by atomic mass is 10.1. The molecule has 0 bridgehead atoms. The van der Waals surface area contributed by atoms with Crippen molar-refractivity contribution >= 4 is 15.9 Å². The molecular weight excluding hydrogens is 371 g/mol. The molecule has 2 aromatic carbocycles. The van der Waals surface area contributed by atoms with Gasteiger partial charge >= 0.3 is 0 Å². The Morgan fingerprint density at radius 1 is 1.22 bits per heavy atom. The number of ether oxygens (including phenoxy) is 1. The van der Waals surface area contributed by atoms with Crippen molar-refractivity contribution in [3.05, 3.63) is 59.4 Å². The van der Waals surface area contributed by atoms with Crippen LogP contribution in [0.15, 0.2) is 47.4 Å². The average Bonchev–Trinajstić information content (AvgIpc) is 2.61. The molecule has 1 N–H and O–H groups in total. The lowest BCUT2D eigenvalue weighted by molar-refractivity contribution is 0.0783. The molecule has 8 heteroatoms. The van der Waals surface area contributed by atoms with Crippen LogP contribution in [0.5, 0.6) is 5.75 Å². The topological polar surface area (TPSA) is 75.7 Å². The molecule has 0 aliphatic heterocycles. The average molecular weight is 394 g/mol. The van der Waals surface area contributed by atoms with Crippen LogP contribution in [0.2, 0.25) is 0 Å². The monoisotopic (exact) mass is 394 g/mol. The zero-order chi connectivity index (χ0) is 20.2. The Morgan fingerprint density at radius 2 is 1.89 bits per heavy atom. The molecule has 0 atom stereocenters. The van der Waals surface area contributed by atoms with Crippen molar-refractivity contribution in [2.45, 2.75) is 31.3 Å². The molecule has 2 rings (SSSR count). The van der Waals surface area contributed by atoms with Gasteiger partial charge in [0.25, 0.3) is 5.91 Å². The summed E-state index contributed by atoms with van der Waals surface area (Å²) in [7, 11) is -0.971. The number of nitrogens with zero attached hydrogens (tertiary/aromatic N) is 1. The van der Waals surface area contributed by atoms with E-state index < -0.39 is 21.7 Å². The zero-order valence-corrected chi connectivity index (χ0v) is 16.5. The first kappa shape index (κ1) is 20.9. The maximum absolute atomic E-state index is 13.8. The van der Waals surface area contributed by atoms with Crippen molar-refractivity contribution in [3.63, 3.8) is 0 Å². The number of benzene rings is 2. The van der Waals surface area contributed by atoms with E-state index in [9.17, 15) is 17.6 Å². The van der Waals surface area contributed by atoms with Crippen molar-refractivity contribution < 1.29 is 22.3 Å². The second-order valence-electron chi connectivity index (χ2n) is 6.39. The van der Waals surface area contributed by atoms with Crippen molar-refractivity contribution in [2.75, 3.05) is 14.2 Å². The van der Waals surface area contributed by atoms with Crippen LogP contribution >= 0.6 is 0 Å². The Kier molecular flexibility index (Phi) is 6.56. The molecule has 0 unspecified atom stereocenters. The fourth-order valence-corrected chi connectivity index (χ4v) is 4.01. The smallest absolute Gasteiger partial charge is 0.253 e. The number of halogens is 1. The summed E-state index contributed by atoms with van der Waals surface area (Å²) >= 11 is 0. The number of amides is 1. The predicted octanol–water partition coefficient (Wildman–Crippen LogP) is 2.79. The summed E-state index contributed by atoms with van der Waals surface area (Å²) in [6, 6.07) is 10.0. The molecule has 0 aliphatic rings. The first-order valence-corrected chi connectivity index (χ1v) is 9.83. The number of carbonyl (C=O) groups is 1. The van der Waals surface area contributed by atoms with E-state index in [-0.39, 0.29) is 28.8 Å². The van der Waals surface area contributed by atoms with Crippen molar-refractivity contribution in [2.24, 2.45) is 0 Å². The molecule has 6 nitrogen and oxygen atoms in total. The van der Waals surface area contributed by atoms with E-state index in [0.717, 1.165) is 0 Å². The Labute approximate surface area is 159 Å². The summed E-state index contributed by atoms with van der Waals surface area (Å²) in [5, 5.41) is 0. The fourth-order valence-electron chi connectivity index (χ4n) is 2.57. The number of hydrogen-bond donors (Lipinski definition) is 1. The molecule has 146 valence electrons. The van der Waals surface area contributed by atoms with Gasteiger partial charge in [0.15, 0.2) is 0 Å². The zero-order valence-electron chi connectivity index (χ0n) is 15.7. The molecule has 0 heterocycles. The van der Waals surface area contributed by atoms with Gasteiger partial charge in [0.1, 0.15) is 16.5 Å². The first-order valence-electron chi connectivity index (χ1n) is 8.35. The van der Waals surface area contributed by atoms with E-state index in [0.29, 0.717) is 5.56 Å². The predicted molar refractivity (Wildman–Crippen MR) is 101 cm³/mol. The lowest BCUT2D eigenvalue weighted by Crippen LogP contribution is -2.31. The summed E-state index contributed by atoms with van der Waals surface area (Å²) in [4.78, 5) is 13.9. The van der Waals surface area contributed by atoms with Crippen molar-refractivity contribution in [1.82, 2.24) is 9.62 Å². The molecule has 0 aliphatic carbocycles. The number of hydrogen-bond acceptors (Lipinski definition) is 4. The van der Waals surface area contributed by atoms with Gasteiger partial charge in [-0.1, -0.05) is 18.2 Å². The van der Waals surface area contributed by atoms with Crippen LogP contribution in [0.3, 0.4) is 0 Å². The van der Waals surface area contributed by atoms with E-state index in [1.54, 1.807) is 32.0 Å². The summed E-state index contributed by atoms with van der Waals surface area (Å²) in [6.45, 7) is 3.45. The van der Waals surface area contributed by atoms with Gasteiger partial charge in [0.2, 0.25) is 10.0 Å². The number of nitrogens with one attached hydrogen (secondary N) is 1. The largest absolute Gasteiger partial charge is 0.495 e. The van der Waals surface area contributed by atoms with Gasteiger partial charge in [-0.2, -0.15) is 0 Å². The van der Waals surface area contributed by atoms with Gasteiger partial charge in [-0.15, -0.1) is 0 Å². The van der Waals surface area contributed by atoms with Crippen LogP contribution in [0.25, 0.3) is 0 Å². The highest BCUT2D eigenvalue weighted by molar-refractivity contribution is 7.89. The normalized spacial score (nSPS) is 11.5. The molecule has 1 amide bonds. The Morgan fingerprint density at radius 3 is 2.48 bits per heavy atom. The molecule has 0 radical (unpaired) electrons. The first-order chi connectivity index (χ1) is 12.7. The molecular formula is C19H23FN2O4S. The highest BCUT2D eigenvalue weighted by Gasteiger charge is 2.23. The minimum atomic E-state index is -3.86. The maximum Gasteiger partial charge on any atom is 0.253 e. The second kappa shape index (κ2) is 8.49. The molecule has 27 heavy (non-hydrogen) atoms. The van der Waals surface area contributed by atoms with Crippen LogP contribution < -0.4 is 9.46 Å².